The highest BCUT2D eigenvalue weighted by atomic mass is 32.1. The van der Waals surface area contributed by atoms with Crippen LogP contribution in [0.1, 0.15) is 35.9 Å². The maximum absolute atomic E-state index is 10.8. The Balaban J connectivity index is 2.06. The Morgan fingerprint density at radius 1 is 1.62 bits per heavy atom. The van der Waals surface area contributed by atoms with Gasteiger partial charge in [-0.25, -0.2) is 4.79 Å². The first kappa shape index (κ1) is 11.5. The number of carboxylic acid groups (broad SMARTS) is 1. The van der Waals surface area contributed by atoms with Crippen molar-refractivity contribution < 1.29 is 9.90 Å². The predicted octanol–water partition coefficient (Wildman–Crippen LogP) is 3.07. The molecule has 2 rings (SSSR count). The Morgan fingerprint density at radius 3 is 2.88 bits per heavy atom. The molecule has 0 spiro atoms. The van der Waals surface area contributed by atoms with Crippen LogP contribution in [0, 0.1) is 5.92 Å². The summed E-state index contributed by atoms with van der Waals surface area (Å²) in [6.07, 6.45) is 3.76. The van der Waals surface area contributed by atoms with E-state index in [2.05, 4.69) is 11.8 Å². The number of hydrogen-bond acceptors (Lipinski definition) is 3. The van der Waals surface area contributed by atoms with Crippen molar-refractivity contribution in [3.8, 4) is 0 Å². The Labute approximate surface area is 99.7 Å². The second-order valence-electron chi connectivity index (χ2n) is 4.36. The first-order chi connectivity index (χ1) is 7.70. The van der Waals surface area contributed by atoms with Gasteiger partial charge < -0.3 is 10.0 Å². The molecule has 0 saturated heterocycles. The second-order valence-corrected chi connectivity index (χ2v) is 5.27. The third-order valence-electron chi connectivity index (χ3n) is 2.83. The van der Waals surface area contributed by atoms with Gasteiger partial charge in [-0.1, -0.05) is 6.92 Å². The first-order valence-electron chi connectivity index (χ1n) is 5.77. The van der Waals surface area contributed by atoms with Crippen LogP contribution in [0.5, 0.6) is 0 Å². The normalized spacial score (nSPS) is 15.1. The number of anilines is 1. The number of thiophene rings is 1. The van der Waals surface area contributed by atoms with Gasteiger partial charge in [-0.15, -0.1) is 11.3 Å². The van der Waals surface area contributed by atoms with Gasteiger partial charge in [0.25, 0.3) is 0 Å². The number of carbonyl (C=O) groups is 1. The van der Waals surface area contributed by atoms with E-state index in [0.29, 0.717) is 4.88 Å². The number of rotatable bonds is 6. The van der Waals surface area contributed by atoms with E-state index in [0.717, 1.165) is 31.1 Å². The van der Waals surface area contributed by atoms with E-state index >= 15 is 0 Å². The van der Waals surface area contributed by atoms with E-state index in [9.17, 15) is 4.79 Å². The first-order valence-corrected chi connectivity index (χ1v) is 6.65. The van der Waals surface area contributed by atoms with Crippen LogP contribution in [-0.4, -0.2) is 24.2 Å². The fourth-order valence-electron chi connectivity index (χ4n) is 1.81. The molecule has 0 unspecified atom stereocenters. The number of aromatic carboxylic acids is 1. The maximum Gasteiger partial charge on any atom is 0.345 e. The van der Waals surface area contributed by atoms with Crippen LogP contribution in [-0.2, 0) is 0 Å². The highest BCUT2D eigenvalue weighted by Gasteiger charge is 2.24. The van der Waals surface area contributed by atoms with Gasteiger partial charge in [-0.3, -0.25) is 0 Å². The highest BCUT2D eigenvalue weighted by Crippen LogP contribution is 2.32. The SMILES string of the molecule is CCCN(CC1CC1)c1csc(C(=O)O)c1. The van der Waals surface area contributed by atoms with Crippen LogP contribution in [0.2, 0.25) is 0 Å². The monoisotopic (exact) mass is 239 g/mol. The van der Waals surface area contributed by atoms with Crippen LogP contribution in [0.25, 0.3) is 0 Å². The summed E-state index contributed by atoms with van der Waals surface area (Å²) < 4.78 is 0. The fraction of sp³-hybridized carbons (Fsp3) is 0.583. The number of nitrogens with zero attached hydrogens (tertiary/aromatic N) is 1. The molecular formula is C12H17NO2S. The minimum atomic E-state index is -0.820. The molecule has 3 nitrogen and oxygen atoms in total. The van der Waals surface area contributed by atoms with Gasteiger partial charge in [0, 0.05) is 24.2 Å². The molecule has 0 radical (unpaired) electrons. The summed E-state index contributed by atoms with van der Waals surface area (Å²) in [5.41, 5.74) is 1.08. The van der Waals surface area contributed by atoms with Gasteiger partial charge >= 0.3 is 5.97 Å². The third-order valence-corrected chi connectivity index (χ3v) is 3.74. The summed E-state index contributed by atoms with van der Waals surface area (Å²) in [5.74, 6) is 0.0128. The molecule has 1 fully saturated rings. The zero-order chi connectivity index (χ0) is 11.5. The van der Waals surface area contributed by atoms with Gasteiger partial charge in [0.2, 0.25) is 0 Å². The average molecular weight is 239 g/mol. The van der Waals surface area contributed by atoms with Gasteiger partial charge in [0.15, 0.2) is 0 Å². The third kappa shape index (κ3) is 2.76. The average Bonchev–Trinajstić information content (AvgIpc) is 2.92. The summed E-state index contributed by atoms with van der Waals surface area (Å²) in [7, 11) is 0. The van der Waals surface area contributed by atoms with Crippen molar-refractivity contribution in [1.82, 2.24) is 0 Å². The molecule has 88 valence electrons. The van der Waals surface area contributed by atoms with E-state index in [-0.39, 0.29) is 0 Å². The molecule has 1 aromatic rings. The van der Waals surface area contributed by atoms with Crippen molar-refractivity contribution in [2.45, 2.75) is 26.2 Å². The van der Waals surface area contributed by atoms with Gasteiger partial charge in [0.05, 0.1) is 0 Å². The summed E-state index contributed by atoms with van der Waals surface area (Å²) in [4.78, 5) is 13.6. The summed E-state index contributed by atoms with van der Waals surface area (Å²) in [6, 6.07) is 1.80. The molecule has 1 heterocycles. The van der Waals surface area contributed by atoms with Crippen molar-refractivity contribution in [2.24, 2.45) is 5.92 Å². The molecule has 0 amide bonds. The van der Waals surface area contributed by atoms with Gasteiger partial charge in [-0.2, -0.15) is 0 Å². The molecule has 1 aliphatic rings. The minimum absolute atomic E-state index is 0.437. The molecule has 4 heteroatoms. The van der Waals surface area contributed by atoms with E-state index in [1.807, 2.05) is 5.38 Å². The summed E-state index contributed by atoms with van der Waals surface area (Å²) in [6.45, 7) is 4.26. The fourth-order valence-corrected chi connectivity index (χ4v) is 2.57. The van der Waals surface area contributed by atoms with E-state index in [1.54, 1.807) is 6.07 Å². The molecule has 0 aromatic carbocycles. The van der Waals surface area contributed by atoms with E-state index < -0.39 is 5.97 Å². The van der Waals surface area contributed by atoms with Gasteiger partial charge in [0.1, 0.15) is 4.88 Å². The number of carboxylic acids is 1. The van der Waals surface area contributed by atoms with E-state index in [4.69, 9.17) is 5.11 Å². The lowest BCUT2D eigenvalue weighted by atomic mass is 10.3. The van der Waals surface area contributed by atoms with Crippen LogP contribution in [0.3, 0.4) is 0 Å². The lowest BCUT2D eigenvalue weighted by Crippen LogP contribution is -2.25. The van der Waals surface area contributed by atoms with Crippen LogP contribution in [0.4, 0.5) is 5.69 Å². The van der Waals surface area contributed by atoms with Crippen molar-refractivity contribution in [1.29, 1.82) is 0 Å². The maximum atomic E-state index is 10.8. The second kappa shape index (κ2) is 4.87. The Kier molecular flexibility index (Phi) is 3.49. The summed E-state index contributed by atoms with van der Waals surface area (Å²) >= 11 is 1.32. The molecule has 16 heavy (non-hydrogen) atoms. The van der Waals surface area contributed by atoms with Crippen molar-refractivity contribution >= 4 is 23.0 Å². The van der Waals surface area contributed by atoms with Crippen molar-refractivity contribution in [3.63, 3.8) is 0 Å². The van der Waals surface area contributed by atoms with Crippen molar-refractivity contribution in [2.75, 3.05) is 18.0 Å². The number of hydrogen-bond donors (Lipinski definition) is 1. The summed E-state index contributed by atoms with van der Waals surface area (Å²) in [5, 5.41) is 10.9. The standard InChI is InChI=1S/C12H17NO2S/c1-2-5-13(7-9-3-4-9)10-6-11(12(14)15)16-8-10/h6,8-9H,2-5,7H2,1H3,(H,14,15). The Bertz CT molecular complexity index is 371. The van der Waals surface area contributed by atoms with Crippen molar-refractivity contribution in [3.05, 3.63) is 16.3 Å². The minimum Gasteiger partial charge on any atom is -0.477 e. The Morgan fingerprint density at radius 2 is 2.38 bits per heavy atom. The Hall–Kier alpha value is -1.03. The molecule has 1 N–H and O–H groups in total. The lowest BCUT2D eigenvalue weighted by molar-refractivity contribution is 0.0702. The lowest BCUT2D eigenvalue weighted by Gasteiger charge is -2.22. The van der Waals surface area contributed by atoms with Crippen LogP contribution in [0.15, 0.2) is 11.4 Å². The molecular weight excluding hydrogens is 222 g/mol. The van der Waals surface area contributed by atoms with E-state index in [1.165, 1.54) is 24.2 Å². The molecule has 0 aliphatic heterocycles. The van der Waals surface area contributed by atoms with Crippen LogP contribution < -0.4 is 4.90 Å². The van der Waals surface area contributed by atoms with Gasteiger partial charge in [-0.05, 0) is 31.2 Å². The topological polar surface area (TPSA) is 40.5 Å². The highest BCUT2D eigenvalue weighted by molar-refractivity contribution is 7.12. The quantitative estimate of drug-likeness (QED) is 0.829. The smallest absolute Gasteiger partial charge is 0.345 e. The molecule has 0 atom stereocenters. The molecule has 1 aromatic heterocycles. The molecule has 1 aliphatic carbocycles. The predicted molar refractivity (Wildman–Crippen MR) is 66.5 cm³/mol. The largest absolute Gasteiger partial charge is 0.477 e. The van der Waals surface area contributed by atoms with Crippen LogP contribution >= 0.6 is 11.3 Å². The molecule has 0 bridgehead atoms. The zero-order valence-electron chi connectivity index (χ0n) is 9.48. The molecule has 1 saturated carbocycles. The zero-order valence-corrected chi connectivity index (χ0v) is 10.3.